The molecule has 0 atom stereocenters. The molecule has 0 spiro atoms. The Kier molecular flexibility index (Phi) is 3.57. The maximum Gasteiger partial charge on any atom is 0.244 e. The second-order valence-corrected chi connectivity index (χ2v) is 2.38. The van der Waals surface area contributed by atoms with E-state index in [1.54, 1.807) is 30.5 Å². The fourth-order valence-corrected chi connectivity index (χ4v) is 0.776. The van der Waals surface area contributed by atoms with Crippen molar-refractivity contribution in [2.75, 3.05) is 6.54 Å². The monoisotopic (exact) mass is 177 g/mol. The first-order valence-electron chi connectivity index (χ1n) is 3.93. The Balaban J connectivity index is 2.39. The summed E-state index contributed by atoms with van der Waals surface area (Å²) in [6.45, 7) is 3.96. The molecule has 13 heavy (non-hydrogen) atoms. The fraction of sp³-hybridized carbons (Fsp3) is 0.100. The summed E-state index contributed by atoms with van der Waals surface area (Å²) in [4.78, 5) is 11.0. The molecule has 1 rings (SSSR count). The normalized spacial score (nSPS) is 10.2. The SMILES string of the molecule is C=CCNC(=O)C=Cc1ccco1. The van der Waals surface area contributed by atoms with Gasteiger partial charge < -0.3 is 9.73 Å². The zero-order valence-electron chi connectivity index (χ0n) is 7.19. The number of hydrogen-bond acceptors (Lipinski definition) is 2. The van der Waals surface area contributed by atoms with Crippen molar-refractivity contribution in [3.05, 3.63) is 42.9 Å². The van der Waals surface area contributed by atoms with Gasteiger partial charge in [-0.1, -0.05) is 6.08 Å². The first kappa shape index (κ1) is 9.32. The van der Waals surface area contributed by atoms with Crippen molar-refractivity contribution in [1.82, 2.24) is 5.32 Å². The maximum absolute atomic E-state index is 11.0. The van der Waals surface area contributed by atoms with Gasteiger partial charge in [0.05, 0.1) is 6.26 Å². The summed E-state index contributed by atoms with van der Waals surface area (Å²) in [5.41, 5.74) is 0. The Labute approximate surface area is 76.7 Å². The third kappa shape index (κ3) is 3.42. The Hall–Kier alpha value is -1.77. The van der Waals surface area contributed by atoms with Gasteiger partial charge in [-0.25, -0.2) is 0 Å². The molecule has 0 saturated carbocycles. The standard InChI is InChI=1S/C10H11NO2/c1-2-7-11-10(12)6-5-9-4-3-8-13-9/h2-6,8H,1,7H2,(H,11,12). The molecule has 0 unspecified atom stereocenters. The van der Waals surface area contributed by atoms with Crippen LogP contribution >= 0.6 is 0 Å². The van der Waals surface area contributed by atoms with Gasteiger partial charge in [-0.2, -0.15) is 0 Å². The lowest BCUT2D eigenvalue weighted by molar-refractivity contribution is -0.116. The van der Waals surface area contributed by atoms with Crippen molar-refractivity contribution in [2.24, 2.45) is 0 Å². The van der Waals surface area contributed by atoms with E-state index in [0.29, 0.717) is 12.3 Å². The third-order valence-corrected chi connectivity index (χ3v) is 1.36. The number of carbonyl (C=O) groups excluding carboxylic acids is 1. The van der Waals surface area contributed by atoms with Gasteiger partial charge in [-0.3, -0.25) is 4.79 Å². The molecule has 3 heteroatoms. The number of hydrogen-bond donors (Lipinski definition) is 1. The van der Waals surface area contributed by atoms with E-state index in [4.69, 9.17) is 4.42 Å². The molecule has 3 nitrogen and oxygen atoms in total. The molecule has 1 amide bonds. The van der Waals surface area contributed by atoms with Gasteiger partial charge in [0.15, 0.2) is 0 Å². The van der Waals surface area contributed by atoms with Crippen LogP contribution in [0, 0.1) is 0 Å². The van der Waals surface area contributed by atoms with Crippen molar-refractivity contribution in [3.63, 3.8) is 0 Å². The molecule has 1 aromatic rings. The first-order chi connectivity index (χ1) is 6.33. The first-order valence-corrected chi connectivity index (χ1v) is 3.93. The molecule has 1 N–H and O–H groups in total. The zero-order chi connectivity index (χ0) is 9.52. The van der Waals surface area contributed by atoms with Crippen molar-refractivity contribution in [2.45, 2.75) is 0 Å². The number of amides is 1. The van der Waals surface area contributed by atoms with E-state index in [9.17, 15) is 4.79 Å². The average Bonchev–Trinajstić information content (AvgIpc) is 2.64. The molecule has 68 valence electrons. The van der Waals surface area contributed by atoms with Gasteiger partial charge in [0.25, 0.3) is 0 Å². The van der Waals surface area contributed by atoms with Gasteiger partial charge >= 0.3 is 0 Å². The van der Waals surface area contributed by atoms with Crippen LogP contribution in [0.4, 0.5) is 0 Å². The summed E-state index contributed by atoms with van der Waals surface area (Å²) < 4.78 is 5.00. The summed E-state index contributed by atoms with van der Waals surface area (Å²) >= 11 is 0. The Bertz CT molecular complexity index is 299. The molecular weight excluding hydrogens is 166 g/mol. The van der Waals surface area contributed by atoms with Crippen molar-refractivity contribution < 1.29 is 9.21 Å². The van der Waals surface area contributed by atoms with Crippen LogP contribution in [0.2, 0.25) is 0 Å². The summed E-state index contributed by atoms with van der Waals surface area (Å²) in [7, 11) is 0. The number of furan rings is 1. The number of rotatable bonds is 4. The summed E-state index contributed by atoms with van der Waals surface area (Å²) in [5.74, 6) is 0.505. The van der Waals surface area contributed by atoms with E-state index in [1.165, 1.54) is 6.08 Å². The minimum atomic E-state index is -0.156. The molecular formula is C10H11NO2. The van der Waals surface area contributed by atoms with Crippen molar-refractivity contribution >= 4 is 12.0 Å². The van der Waals surface area contributed by atoms with Crippen molar-refractivity contribution in [3.8, 4) is 0 Å². The molecule has 0 bridgehead atoms. The number of nitrogens with one attached hydrogen (secondary N) is 1. The maximum atomic E-state index is 11.0. The summed E-state index contributed by atoms with van der Waals surface area (Å²) in [6.07, 6.45) is 6.21. The Morgan fingerprint density at radius 3 is 3.15 bits per heavy atom. The quantitative estimate of drug-likeness (QED) is 0.560. The molecule has 0 aliphatic rings. The summed E-state index contributed by atoms with van der Waals surface area (Å²) in [6, 6.07) is 3.54. The van der Waals surface area contributed by atoms with Crippen LogP contribution in [0.15, 0.2) is 41.5 Å². The predicted molar refractivity (Wildman–Crippen MR) is 50.9 cm³/mol. The Morgan fingerprint density at radius 2 is 2.54 bits per heavy atom. The molecule has 1 aromatic heterocycles. The molecule has 0 fully saturated rings. The second kappa shape index (κ2) is 4.98. The third-order valence-electron chi connectivity index (χ3n) is 1.36. The van der Waals surface area contributed by atoms with Gasteiger partial charge in [0, 0.05) is 12.6 Å². The molecule has 0 aliphatic carbocycles. The topological polar surface area (TPSA) is 42.2 Å². The largest absolute Gasteiger partial charge is 0.465 e. The lowest BCUT2D eigenvalue weighted by Gasteiger charge is -1.93. The zero-order valence-corrected chi connectivity index (χ0v) is 7.19. The van der Waals surface area contributed by atoms with E-state index in [1.807, 2.05) is 0 Å². The highest BCUT2D eigenvalue weighted by Gasteiger charge is 1.92. The highest BCUT2D eigenvalue weighted by Crippen LogP contribution is 2.01. The Morgan fingerprint density at radius 1 is 1.69 bits per heavy atom. The van der Waals surface area contributed by atoms with Gasteiger partial charge in [-0.15, -0.1) is 6.58 Å². The van der Waals surface area contributed by atoms with Crippen LogP contribution in [0.3, 0.4) is 0 Å². The number of carbonyl (C=O) groups is 1. The van der Waals surface area contributed by atoms with Gasteiger partial charge in [0.2, 0.25) is 5.91 Å². The second-order valence-electron chi connectivity index (χ2n) is 2.38. The van der Waals surface area contributed by atoms with Crippen LogP contribution in [0.1, 0.15) is 5.76 Å². The predicted octanol–water partition coefficient (Wildman–Crippen LogP) is 1.59. The summed E-state index contributed by atoms with van der Waals surface area (Å²) in [5, 5.41) is 2.61. The molecule has 1 heterocycles. The lowest BCUT2D eigenvalue weighted by Crippen LogP contribution is -2.20. The van der Waals surface area contributed by atoms with Gasteiger partial charge in [-0.05, 0) is 18.2 Å². The van der Waals surface area contributed by atoms with E-state index in [2.05, 4.69) is 11.9 Å². The van der Waals surface area contributed by atoms with E-state index >= 15 is 0 Å². The lowest BCUT2D eigenvalue weighted by atomic mass is 10.4. The average molecular weight is 177 g/mol. The van der Waals surface area contributed by atoms with Crippen LogP contribution < -0.4 is 5.32 Å². The van der Waals surface area contributed by atoms with Crippen LogP contribution in [-0.4, -0.2) is 12.5 Å². The molecule has 0 aliphatic heterocycles. The van der Waals surface area contributed by atoms with E-state index < -0.39 is 0 Å². The highest BCUT2D eigenvalue weighted by molar-refractivity contribution is 5.91. The molecule has 0 radical (unpaired) electrons. The van der Waals surface area contributed by atoms with Gasteiger partial charge in [0.1, 0.15) is 5.76 Å². The van der Waals surface area contributed by atoms with Crippen LogP contribution in [0.25, 0.3) is 6.08 Å². The minimum absolute atomic E-state index is 0.156. The van der Waals surface area contributed by atoms with E-state index in [-0.39, 0.29) is 5.91 Å². The fourth-order valence-electron chi connectivity index (χ4n) is 0.776. The highest BCUT2D eigenvalue weighted by atomic mass is 16.3. The molecule has 0 saturated heterocycles. The minimum Gasteiger partial charge on any atom is -0.465 e. The molecule has 0 aromatic carbocycles. The smallest absolute Gasteiger partial charge is 0.244 e. The van der Waals surface area contributed by atoms with Crippen LogP contribution in [-0.2, 0) is 4.79 Å². The van der Waals surface area contributed by atoms with Crippen LogP contribution in [0.5, 0.6) is 0 Å². The van der Waals surface area contributed by atoms with Crippen molar-refractivity contribution in [1.29, 1.82) is 0 Å². The van der Waals surface area contributed by atoms with E-state index in [0.717, 1.165) is 0 Å².